The van der Waals surface area contributed by atoms with Crippen molar-refractivity contribution >= 4 is 39.9 Å². The Morgan fingerprint density at radius 1 is 1.30 bits per heavy atom. The normalized spacial score (nSPS) is 20.3. The lowest BCUT2D eigenvalue weighted by atomic mass is 9.90. The molecule has 0 unspecified atom stereocenters. The van der Waals surface area contributed by atoms with Gasteiger partial charge in [0, 0.05) is 32.0 Å². The molecular weight excluding hydrogens is 396 g/mol. The Balaban J connectivity index is 0.00000261. The standard InChI is InChI=1S/C16H22N4O5S.ClH/c17-16(4-8-25-9-5-16)15(22)19-12-2-1-3-13(10-12)26(23,24)20-7-6-18-14(21)11-20;/h1-3,10H,4-9,11,17H2,(H,18,21)(H,19,22);1H. The van der Waals surface area contributed by atoms with Crippen molar-refractivity contribution in [2.75, 3.05) is 38.2 Å². The van der Waals surface area contributed by atoms with Gasteiger partial charge in [-0.05, 0) is 31.0 Å². The number of nitrogens with two attached hydrogens (primary N) is 1. The number of ether oxygens (including phenoxy) is 1. The van der Waals surface area contributed by atoms with E-state index in [9.17, 15) is 18.0 Å². The summed E-state index contributed by atoms with van der Waals surface area (Å²) in [7, 11) is -3.82. The van der Waals surface area contributed by atoms with Crippen molar-refractivity contribution < 1.29 is 22.7 Å². The van der Waals surface area contributed by atoms with Gasteiger partial charge in [0.1, 0.15) is 5.54 Å². The van der Waals surface area contributed by atoms with Crippen molar-refractivity contribution in [1.82, 2.24) is 9.62 Å². The third-order valence-electron chi connectivity index (χ3n) is 4.57. The van der Waals surface area contributed by atoms with Gasteiger partial charge in [-0.25, -0.2) is 8.42 Å². The van der Waals surface area contributed by atoms with E-state index in [0.29, 0.717) is 31.7 Å². The van der Waals surface area contributed by atoms with Gasteiger partial charge in [-0.1, -0.05) is 6.07 Å². The number of carbonyl (C=O) groups excluding carboxylic acids is 2. The summed E-state index contributed by atoms with van der Waals surface area (Å²) in [5.41, 5.74) is 5.46. The van der Waals surface area contributed by atoms with Gasteiger partial charge in [-0.15, -0.1) is 12.4 Å². The highest BCUT2D eigenvalue weighted by Crippen LogP contribution is 2.23. The van der Waals surface area contributed by atoms with Crippen molar-refractivity contribution in [2.24, 2.45) is 5.73 Å². The number of anilines is 1. The number of hydrogen-bond donors (Lipinski definition) is 3. The van der Waals surface area contributed by atoms with Crippen molar-refractivity contribution in [1.29, 1.82) is 0 Å². The van der Waals surface area contributed by atoms with Crippen LogP contribution >= 0.6 is 12.4 Å². The van der Waals surface area contributed by atoms with Gasteiger partial charge in [0.15, 0.2) is 0 Å². The first kappa shape index (κ1) is 21.6. The number of nitrogens with zero attached hydrogens (tertiary/aromatic N) is 1. The fourth-order valence-corrected chi connectivity index (χ4v) is 4.37. The van der Waals surface area contributed by atoms with E-state index in [1.54, 1.807) is 12.1 Å². The van der Waals surface area contributed by atoms with E-state index >= 15 is 0 Å². The predicted molar refractivity (Wildman–Crippen MR) is 101 cm³/mol. The Labute approximate surface area is 164 Å². The first-order valence-corrected chi connectivity index (χ1v) is 9.80. The summed E-state index contributed by atoms with van der Waals surface area (Å²) in [4.78, 5) is 24.0. The maximum Gasteiger partial charge on any atom is 0.244 e. The van der Waals surface area contributed by atoms with Crippen molar-refractivity contribution in [2.45, 2.75) is 23.3 Å². The summed E-state index contributed by atoms with van der Waals surface area (Å²) >= 11 is 0. The van der Waals surface area contributed by atoms with Crippen LogP contribution in [0.15, 0.2) is 29.2 Å². The van der Waals surface area contributed by atoms with Crippen LogP contribution in [-0.2, 0) is 24.3 Å². The molecule has 0 aromatic heterocycles. The molecule has 27 heavy (non-hydrogen) atoms. The number of piperazine rings is 1. The van der Waals surface area contributed by atoms with Gasteiger partial charge < -0.3 is 21.1 Å². The third kappa shape index (κ3) is 4.77. The van der Waals surface area contributed by atoms with E-state index in [2.05, 4.69) is 10.6 Å². The van der Waals surface area contributed by atoms with Crippen LogP contribution in [0.5, 0.6) is 0 Å². The summed E-state index contributed by atoms with van der Waals surface area (Å²) in [6.45, 7) is 1.08. The van der Waals surface area contributed by atoms with E-state index in [1.165, 1.54) is 12.1 Å². The maximum absolute atomic E-state index is 12.7. The zero-order valence-corrected chi connectivity index (χ0v) is 16.3. The summed E-state index contributed by atoms with van der Waals surface area (Å²) < 4.78 is 31.8. The van der Waals surface area contributed by atoms with Crippen LogP contribution in [0.2, 0.25) is 0 Å². The molecule has 4 N–H and O–H groups in total. The van der Waals surface area contributed by atoms with E-state index in [4.69, 9.17) is 10.5 Å². The number of carbonyl (C=O) groups is 2. The van der Waals surface area contributed by atoms with E-state index in [-0.39, 0.29) is 48.8 Å². The zero-order valence-electron chi connectivity index (χ0n) is 14.6. The highest BCUT2D eigenvalue weighted by Gasteiger charge is 2.36. The van der Waals surface area contributed by atoms with Gasteiger partial charge in [-0.3, -0.25) is 9.59 Å². The predicted octanol–water partition coefficient (Wildman–Crippen LogP) is -0.325. The molecule has 0 aliphatic carbocycles. The molecule has 0 bridgehead atoms. The minimum Gasteiger partial charge on any atom is -0.381 e. The summed E-state index contributed by atoms with van der Waals surface area (Å²) in [5, 5.41) is 5.28. The molecule has 0 radical (unpaired) electrons. The first-order chi connectivity index (χ1) is 12.3. The molecular formula is C16H23ClN4O5S. The smallest absolute Gasteiger partial charge is 0.244 e. The van der Waals surface area contributed by atoms with Crippen LogP contribution in [0.4, 0.5) is 5.69 Å². The molecule has 2 saturated heterocycles. The number of amides is 2. The fraction of sp³-hybridized carbons (Fsp3) is 0.500. The van der Waals surface area contributed by atoms with Gasteiger partial charge in [0.05, 0.1) is 11.4 Å². The van der Waals surface area contributed by atoms with Crippen LogP contribution in [0.1, 0.15) is 12.8 Å². The molecule has 9 nitrogen and oxygen atoms in total. The lowest BCUT2D eigenvalue weighted by Gasteiger charge is -2.31. The Kier molecular flexibility index (Phi) is 6.82. The molecule has 3 rings (SSSR count). The van der Waals surface area contributed by atoms with Crippen LogP contribution in [-0.4, -0.2) is 62.9 Å². The highest BCUT2D eigenvalue weighted by atomic mass is 35.5. The SMILES string of the molecule is Cl.NC1(C(=O)Nc2cccc(S(=O)(=O)N3CCNC(=O)C3)c2)CCOCC1. The number of benzene rings is 1. The Bertz CT molecular complexity index is 811. The minimum atomic E-state index is -3.82. The Morgan fingerprint density at radius 3 is 2.67 bits per heavy atom. The largest absolute Gasteiger partial charge is 0.381 e. The van der Waals surface area contributed by atoms with Crippen LogP contribution < -0.4 is 16.4 Å². The molecule has 150 valence electrons. The second-order valence-corrected chi connectivity index (χ2v) is 8.38. The number of hydrogen-bond acceptors (Lipinski definition) is 6. The number of halogens is 1. The summed E-state index contributed by atoms with van der Waals surface area (Å²) in [6, 6.07) is 5.95. The third-order valence-corrected chi connectivity index (χ3v) is 6.41. The second kappa shape index (κ2) is 8.53. The van der Waals surface area contributed by atoms with Crippen molar-refractivity contribution in [3.8, 4) is 0 Å². The maximum atomic E-state index is 12.7. The Hall–Kier alpha value is -1.72. The van der Waals surface area contributed by atoms with Crippen LogP contribution in [0.3, 0.4) is 0 Å². The molecule has 11 heteroatoms. The van der Waals surface area contributed by atoms with Gasteiger partial charge in [0.25, 0.3) is 0 Å². The molecule has 1 aromatic carbocycles. The molecule has 0 saturated carbocycles. The van der Waals surface area contributed by atoms with Crippen LogP contribution in [0.25, 0.3) is 0 Å². The lowest BCUT2D eigenvalue weighted by molar-refractivity contribution is -0.124. The molecule has 2 fully saturated rings. The van der Waals surface area contributed by atoms with Gasteiger partial charge in [-0.2, -0.15) is 4.31 Å². The van der Waals surface area contributed by atoms with Crippen LogP contribution in [0, 0.1) is 0 Å². The molecule has 2 amide bonds. The van der Waals surface area contributed by atoms with E-state index < -0.39 is 15.6 Å². The van der Waals surface area contributed by atoms with E-state index in [0.717, 1.165) is 4.31 Å². The highest BCUT2D eigenvalue weighted by molar-refractivity contribution is 7.89. The topological polar surface area (TPSA) is 131 Å². The molecule has 2 aliphatic heterocycles. The molecule has 1 aromatic rings. The monoisotopic (exact) mass is 418 g/mol. The van der Waals surface area contributed by atoms with Crippen molar-refractivity contribution in [3.05, 3.63) is 24.3 Å². The lowest BCUT2D eigenvalue weighted by Crippen LogP contribution is -2.54. The molecule has 0 atom stereocenters. The Morgan fingerprint density at radius 2 is 2.00 bits per heavy atom. The minimum absolute atomic E-state index is 0. The fourth-order valence-electron chi connectivity index (χ4n) is 2.92. The number of sulfonamides is 1. The second-order valence-electron chi connectivity index (χ2n) is 6.44. The molecule has 2 heterocycles. The van der Waals surface area contributed by atoms with Crippen molar-refractivity contribution in [3.63, 3.8) is 0 Å². The van der Waals surface area contributed by atoms with E-state index in [1.807, 2.05) is 0 Å². The summed E-state index contributed by atoms with van der Waals surface area (Å²) in [5.74, 6) is -0.707. The summed E-state index contributed by atoms with van der Waals surface area (Å²) in [6.07, 6.45) is 0.805. The molecule has 2 aliphatic rings. The van der Waals surface area contributed by atoms with Gasteiger partial charge in [0.2, 0.25) is 21.8 Å². The number of nitrogens with one attached hydrogen (secondary N) is 2. The van der Waals surface area contributed by atoms with Gasteiger partial charge >= 0.3 is 0 Å². The quantitative estimate of drug-likeness (QED) is 0.614. The number of rotatable bonds is 4. The molecule has 0 spiro atoms. The average Bonchev–Trinajstić information content (AvgIpc) is 2.62. The zero-order chi connectivity index (χ0) is 18.8. The first-order valence-electron chi connectivity index (χ1n) is 8.36. The average molecular weight is 419 g/mol.